The van der Waals surface area contributed by atoms with Crippen LogP contribution in [0.3, 0.4) is 0 Å². The fourth-order valence-electron chi connectivity index (χ4n) is 2.69. The first kappa shape index (κ1) is 13.2. The van der Waals surface area contributed by atoms with Gasteiger partial charge in [-0.3, -0.25) is 0 Å². The smallest absolute Gasteiger partial charge is 0.120 e. The molecule has 0 amide bonds. The SMILES string of the molecule is Cc1ccc(NC2CC(C)(C)OC2(C)C)cc1O. The van der Waals surface area contributed by atoms with Crippen LogP contribution in [0.5, 0.6) is 5.75 Å². The van der Waals surface area contributed by atoms with E-state index in [1.165, 1.54) is 0 Å². The molecular formula is C15H23NO2. The molecule has 100 valence electrons. The lowest BCUT2D eigenvalue weighted by atomic mass is 9.94. The van der Waals surface area contributed by atoms with Crippen LogP contribution in [0.2, 0.25) is 0 Å². The fourth-order valence-corrected chi connectivity index (χ4v) is 2.69. The summed E-state index contributed by atoms with van der Waals surface area (Å²) in [5.74, 6) is 0.330. The summed E-state index contributed by atoms with van der Waals surface area (Å²) in [5, 5.41) is 13.2. The van der Waals surface area contributed by atoms with E-state index in [0.29, 0.717) is 5.75 Å². The van der Waals surface area contributed by atoms with E-state index >= 15 is 0 Å². The van der Waals surface area contributed by atoms with E-state index in [-0.39, 0.29) is 17.2 Å². The molecule has 1 aliphatic heterocycles. The summed E-state index contributed by atoms with van der Waals surface area (Å²) < 4.78 is 6.05. The molecular weight excluding hydrogens is 226 g/mol. The predicted octanol–water partition coefficient (Wildman–Crippen LogP) is 3.46. The van der Waals surface area contributed by atoms with Crippen LogP contribution in [0.25, 0.3) is 0 Å². The second kappa shape index (κ2) is 4.16. The Balaban J connectivity index is 2.16. The number of ether oxygens (including phenoxy) is 1. The Morgan fingerprint density at radius 1 is 1.28 bits per heavy atom. The molecule has 0 radical (unpaired) electrons. The number of phenols is 1. The molecule has 18 heavy (non-hydrogen) atoms. The lowest BCUT2D eigenvalue weighted by Crippen LogP contribution is -2.38. The van der Waals surface area contributed by atoms with Crippen molar-refractivity contribution in [1.82, 2.24) is 0 Å². The van der Waals surface area contributed by atoms with Gasteiger partial charge in [0.15, 0.2) is 0 Å². The second-order valence-electron chi connectivity index (χ2n) is 6.37. The van der Waals surface area contributed by atoms with Gasteiger partial charge in [0.1, 0.15) is 5.75 Å². The summed E-state index contributed by atoms with van der Waals surface area (Å²) >= 11 is 0. The molecule has 1 aromatic rings. The molecule has 0 aromatic heterocycles. The van der Waals surface area contributed by atoms with Gasteiger partial charge in [-0.15, -0.1) is 0 Å². The normalized spacial score (nSPS) is 25.1. The summed E-state index contributed by atoms with van der Waals surface area (Å²) in [6.07, 6.45) is 0.953. The van der Waals surface area contributed by atoms with Crippen molar-refractivity contribution in [3.8, 4) is 5.75 Å². The summed E-state index contributed by atoms with van der Waals surface area (Å²) in [4.78, 5) is 0. The van der Waals surface area contributed by atoms with Crippen molar-refractivity contribution in [1.29, 1.82) is 0 Å². The fraction of sp³-hybridized carbons (Fsp3) is 0.600. The van der Waals surface area contributed by atoms with Gasteiger partial charge < -0.3 is 15.2 Å². The quantitative estimate of drug-likeness (QED) is 0.843. The zero-order valence-electron chi connectivity index (χ0n) is 11.9. The standard InChI is InChI=1S/C15H23NO2/c1-10-6-7-11(8-12(10)17)16-13-9-14(2,3)18-15(13,4)5/h6-8,13,16-17H,9H2,1-5H3. The zero-order chi connectivity index (χ0) is 13.6. The highest BCUT2D eigenvalue weighted by molar-refractivity contribution is 5.52. The van der Waals surface area contributed by atoms with Gasteiger partial charge in [-0.25, -0.2) is 0 Å². The molecule has 0 aliphatic carbocycles. The molecule has 1 heterocycles. The number of nitrogens with one attached hydrogen (secondary N) is 1. The number of hydrogen-bond donors (Lipinski definition) is 2. The van der Waals surface area contributed by atoms with E-state index < -0.39 is 0 Å². The summed E-state index contributed by atoms with van der Waals surface area (Å²) in [6, 6.07) is 5.94. The number of aromatic hydroxyl groups is 1. The van der Waals surface area contributed by atoms with Crippen molar-refractivity contribution in [2.75, 3.05) is 5.32 Å². The maximum absolute atomic E-state index is 9.74. The van der Waals surface area contributed by atoms with Crippen molar-refractivity contribution in [2.24, 2.45) is 0 Å². The summed E-state index contributed by atoms with van der Waals surface area (Å²) in [7, 11) is 0. The summed E-state index contributed by atoms with van der Waals surface area (Å²) in [5.41, 5.74) is 1.53. The molecule has 2 rings (SSSR count). The third-order valence-corrected chi connectivity index (χ3v) is 3.62. The van der Waals surface area contributed by atoms with E-state index in [0.717, 1.165) is 17.7 Å². The Morgan fingerprint density at radius 2 is 1.94 bits per heavy atom. The molecule has 2 N–H and O–H groups in total. The molecule has 3 heteroatoms. The van der Waals surface area contributed by atoms with E-state index in [1.807, 2.05) is 19.1 Å². The Hall–Kier alpha value is -1.22. The van der Waals surface area contributed by atoms with Crippen LogP contribution in [0.4, 0.5) is 5.69 Å². The monoisotopic (exact) mass is 249 g/mol. The minimum Gasteiger partial charge on any atom is -0.508 e. The Morgan fingerprint density at radius 3 is 2.44 bits per heavy atom. The van der Waals surface area contributed by atoms with Crippen LogP contribution in [-0.2, 0) is 4.74 Å². The number of anilines is 1. The van der Waals surface area contributed by atoms with Crippen molar-refractivity contribution in [3.63, 3.8) is 0 Å². The third kappa shape index (κ3) is 2.61. The first-order valence-corrected chi connectivity index (χ1v) is 6.46. The van der Waals surface area contributed by atoms with E-state index in [1.54, 1.807) is 6.07 Å². The Labute approximate surface area is 109 Å². The van der Waals surface area contributed by atoms with Gasteiger partial charge in [-0.2, -0.15) is 0 Å². The molecule has 1 unspecified atom stereocenters. The van der Waals surface area contributed by atoms with Crippen LogP contribution in [0.15, 0.2) is 18.2 Å². The number of aryl methyl sites for hydroxylation is 1. The molecule has 0 spiro atoms. The minimum atomic E-state index is -0.204. The molecule has 1 aromatic carbocycles. The molecule has 1 aliphatic rings. The first-order chi connectivity index (χ1) is 8.20. The number of hydrogen-bond acceptors (Lipinski definition) is 3. The van der Waals surface area contributed by atoms with Crippen molar-refractivity contribution < 1.29 is 9.84 Å². The van der Waals surface area contributed by atoms with Crippen LogP contribution in [0, 0.1) is 6.92 Å². The first-order valence-electron chi connectivity index (χ1n) is 6.46. The summed E-state index contributed by atoms with van der Waals surface area (Å²) in [6.45, 7) is 10.3. The van der Waals surface area contributed by atoms with Gasteiger partial charge in [0.2, 0.25) is 0 Å². The second-order valence-corrected chi connectivity index (χ2v) is 6.37. The average molecular weight is 249 g/mol. The highest BCUT2D eigenvalue weighted by Crippen LogP contribution is 2.39. The van der Waals surface area contributed by atoms with Crippen LogP contribution in [0.1, 0.15) is 39.7 Å². The van der Waals surface area contributed by atoms with Crippen molar-refractivity contribution in [2.45, 2.75) is 58.3 Å². The van der Waals surface area contributed by atoms with E-state index in [2.05, 4.69) is 33.0 Å². The minimum absolute atomic E-state index is 0.103. The third-order valence-electron chi connectivity index (χ3n) is 3.62. The van der Waals surface area contributed by atoms with Crippen LogP contribution >= 0.6 is 0 Å². The Kier molecular flexibility index (Phi) is 3.06. The lowest BCUT2D eigenvalue weighted by molar-refractivity contribution is -0.0662. The van der Waals surface area contributed by atoms with Gasteiger partial charge in [0.25, 0.3) is 0 Å². The molecule has 0 bridgehead atoms. The molecule has 3 nitrogen and oxygen atoms in total. The molecule has 0 saturated carbocycles. The maximum Gasteiger partial charge on any atom is 0.120 e. The number of phenolic OH excluding ortho intramolecular Hbond substituents is 1. The number of rotatable bonds is 2. The molecule has 1 atom stereocenters. The van der Waals surface area contributed by atoms with Crippen LogP contribution in [-0.4, -0.2) is 22.4 Å². The largest absolute Gasteiger partial charge is 0.508 e. The van der Waals surface area contributed by atoms with Crippen molar-refractivity contribution >= 4 is 5.69 Å². The lowest BCUT2D eigenvalue weighted by Gasteiger charge is -2.28. The highest BCUT2D eigenvalue weighted by atomic mass is 16.5. The topological polar surface area (TPSA) is 41.5 Å². The van der Waals surface area contributed by atoms with Gasteiger partial charge >= 0.3 is 0 Å². The Bertz CT molecular complexity index is 452. The molecule has 1 fully saturated rings. The maximum atomic E-state index is 9.74. The van der Waals surface area contributed by atoms with E-state index in [9.17, 15) is 5.11 Å². The zero-order valence-corrected chi connectivity index (χ0v) is 11.9. The predicted molar refractivity (Wildman–Crippen MR) is 74.1 cm³/mol. The van der Waals surface area contributed by atoms with Gasteiger partial charge in [0.05, 0.1) is 17.2 Å². The van der Waals surface area contributed by atoms with Gasteiger partial charge in [-0.05, 0) is 52.7 Å². The highest BCUT2D eigenvalue weighted by Gasteiger charge is 2.45. The van der Waals surface area contributed by atoms with E-state index in [4.69, 9.17) is 4.74 Å². The van der Waals surface area contributed by atoms with Gasteiger partial charge in [0, 0.05) is 11.8 Å². The van der Waals surface area contributed by atoms with Crippen molar-refractivity contribution in [3.05, 3.63) is 23.8 Å². The average Bonchev–Trinajstić information content (AvgIpc) is 2.40. The number of benzene rings is 1. The van der Waals surface area contributed by atoms with Crippen LogP contribution < -0.4 is 5.32 Å². The van der Waals surface area contributed by atoms with Gasteiger partial charge in [-0.1, -0.05) is 6.07 Å². The molecule has 1 saturated heterocycles.